The van der Waals surface area contributed by atoms with Gasteiger partial charge in [-0.2, -0.15) is 0 Å². The molecule has 3 saturated heterocycles. The largest absolute Gasteiger partial charge is 0.491 e. The average Bonchev–Trinajstić information content (AvgIpc) is 3.85. The van der Waals surface area contributed by atoms with Crippen molar-refractivity contribution in [2.45, 2.75) is 49.9 Å². The normalized spacial score (nSPS) is 20.5. The van der Waals surface area contributed by atoms with Crippen LogP contribution in [0.1, 0.15) is 43.0 Å². The zero-order valence-corrected chi connectivity index (χ0v) is 29.0. The topological polar surface area (TPSA) is 140 Å². The number of aromatic nitrogens is 3. The van der Waals surface area contributed by atoms with Crippen LogP contribution in [0.5, 0.6) is 17.5 Å². The average molecular weight is 714 g/mol. The zero-order valence-electron chi connectivity index (χ0n) is 28.2. The van der Waals surface area contributed by atoms with E-state index in [0.717, 1.165) is 31.5 Å². The number of hydrogen-bond donors (Lipinski definition) is 3. The molecule has 1 spiro atoms. The third-order valence-electron chi connectivity index (χ3n) is 10.1. The predicted octanol–water partition coefficient (Wildman–Crippen LogP) is 4.45. The number of fused-ring (bicyclic) bond motifs is 1. The van der Waals surface area contributed by atoms with E-state index in [1.54, 1.807) is 49.7 Å². The first-order valence-electron chi connectivity index (χ1n) is 17.0. The molecule has 51 heavy (non-hydrogen) atoms. The SMILES string of the molecule is COc1nc(-c2cccc(-c3cccc(-c4cc5c(c(OC)n4)[C@@H](NC[C@@H]4CCC(=O)N4)CO5)c3F)c2Cl)cnc1CN1CC2(CCC(=O)N2)C1. The minimum absolute atomic E-state index is 0.0580. The second kappa shape index (κ2) is 13.4. The number of rotatable bonds is 10. The van der Waals surface area contributed by atoms with Gasteiger partial charge in [0, 0.05) is 73.4 Å². The molecule has 4 aliphatic heterocycles. The zero-order chi connectivity index (χ0) is 35.3. The molecule has 0 aliphatic carbocycles. The van der Waals surface area contributed by atoms with Crippen LogP contribution in [0.15, 0.2) is 48.7 Å². The van der Waals surface area contributed by atoms with Crippen molar-refractivity contribution in [3.05, 3.63) is 70.8 Å². The molecule has 264 valence electrons. The Bertz CT molecular complexity index is 2040. The van der Waals surface area contributed by atoms with Crippen molar-refractivity contribution in [3.8, 4) is 51.2 Å². The van der Waals surface area contributed by atoms with Crippen molar-refractivity contribution in [1.82, 2.24) is 35.8 Å². The minimum Gasteiger partial charge on any atom is -0.491 e. The molecule has 3 N–H and O–H groups in total. The van der Waals surface area contributed by atoms with Crippen molar-refractivity contribution < 1.29 is 28.2 Å². The summed E-state index contributed by atoms with van der Waals surface area (Å²) in [6.07, 6.45) is 4.36. The van der Waals surface area contributed by atoms with Gasteiger partial charge in [-0.25, -0.2) is 14.4 Å². The third kappa shape index (κ3) is 6.23. The number of benzene rings is 2. The minimum atomic E-state index is -0.500. The molecule has 4 aliphatic rings. The Balaban J connectivity index is 1.04. The van der Waals surface area contributed by atoms with Crippen LogP contribution in [0.3, 0.4) is 0 Å². The summed E-state index contributed by atoms with van der Waals surface area (Å²) in [5, 5.41) is 9.83. The van der Waals surface area contributed by atoms with Crippen molar-refractivity contribution in [1.29, 1.82) is 0 Å². The number of carbonyl (C=O) groups is 2. The number of pyridine rings is 1. The van der Waals surface area contributed by atoms with Gasteiger partial charge in [0.25, 0.3) is 0 Å². The number of amides is 2. The van der Waals surface area contributed by atoms with Crippen LogP contribution >= 0.6 is 11.6 Å². The van der Waals surface area contributed by atoms with E-state index in [0.29, 0.717) is 88.8 Å². The van der Waals surface area contributed by atoms with E-state index in [1.165, 1.54) is 7.11 Å². The first-order chi connectivity index (χ1) is 24.7. The van der Waals surface area contributed by atoms with Crippen LogP contribution < -0.4 is 30.2 Å². The lowest BCUT2D eigenvalue weighted by Gasteiger charge is -2.47. The number of carbonyl (C=O) groups excluding carboxylic acids is 2. The van der Waals surface area contributed by atoms with Crippen LogP contribution in [0.2, 0.25) is 5.02 Å². The second-order valence-electron chi connectivity index (χ2n) is 13.5. The van der Waals surface area contributed by atoms with Gasteiger partial charge in [-0.3, -0.25) is 19.5 Å². The predicted molar refractivity (Wildman–Crippen MR) is 187 cm³/mol. The molecule has 14 heteroatoms. The molecule has 6 heterocycles. The van der Waals surface area contributed by atoms with Crippen molar-refractivity contribution in [2.75, 3.05) is 40.5 Å². The van der Waals surface area contributed by atoms with Crippen LogP contribution in [0.4, 0.5) is 4.39 Å². The molecule has 0 radical (unpaired) electrons. The molecule has 0 bridgehead atoms. The molecule has 8 rings (SSSR count). The fraction of sp³-hybridized carbons (Fsp3) is 0.378. The number of ether oxygens (including phenoxy) is 3. The summed E-state index contributed by atoms with van der Waals surface area (Å²) >= 11 is 7.00. The van der Waals surface area contributed by atoms with E-state index >= 15 is 4.39 Å². The molecule has 4 aromatic rings. The van der Waals surface area contributed by atoms with Crippen molar-refractivity contribution in [2.24, 2.45) is 0 Å². The summed E-state index contributed by atoms with van der Waals surface area (Å²) in [6, 6.07) is 12.1. The monoisotopic (exact) mass is 713 g/mol. The third-order valence-corrected chi connectivity index (χ3v) is 10.5. The maximum Gasteiger partial charge on any atom is 0.237 e. The number of hydrogen-bond acceptors (Lipinski definition) is 10. The summed E-state index contributed by atoms with van der Waals surface area (Å²) in [5.74, 6) is 0.939. The number of likely N-dealkylation sites (tertiary alicyclic amines) is 1. The Hall–Kier alpha value is -4.85. The number of halogens is 2. The summed E-state index contributed by atoms with van der Waals surface area (Å²) in [5.41, 5.74) is 3.77. The first kappa shape index (κ1) is 33.3. The van der Waals surface area contributed by atoms with E-state index in [2.05, 4.69) is 25.8 Å². The number of nitrogens with one attached hydrogen (secondary N) is 3. The molecule has 2 aromatic heterocycles. The van der Waals surface area contributed by atoms with Gasteiger partial charge in [0.15, 0.2) is 0 Å². The van der Waals surface area contributed by atoms with Crippen molar-refractivity contribution >= 4 is 23.4 Å². The van der Waals surface area contributed by atoms with Gasteiger partial charge in [0.05, 0.1) is 54.0 Å². The highest BCUT2D eigenvalue weighted by molar-refractivity contribution is 6.36. The van der Waals surface area contributed by atoms with Gasteiger partial charge in [-0.15, -0.1) is 0 Å². The molecule has 2 amide bonds. The maximum atomic E-state index is 16.5. The van der Waals surface area contributed by atoms with Crippen LogP contribution in [-0.2, 0) is 16.1 Å². The van der Waals surface area contributed by atoms with Gasteiger partial charge in [0.2, 0.25) is 23.6 Å². The van der Waals surface area contributed by atoms with Gasteiger partial charge < -0.3 is 30.2 Å². The number of methoxy groups -OCH3 is 2. The highest BCUT2D eigenvalue weighted by atomic mass is 35.5. The number of nitrogens with zero attached hydrogens (tertiary/aromatic N) is 4. The van der Waals surface area contributed by atoms with Gasteiger partial charge in [0.1, 0.15) is 23.9 Å². The fourth-order valence-electron chi connectivity index (χ4n) is 7.59. The summed E-state index contributed by atoms with van der Waals surface area (Å²) in [7, 11) is 3.07. The standard InChI is InChI=1S/C37H37ClFN7O5/c1-49-35-27(16-46-18-37(19-46)12-11-31(48)45-37)41-15-26(44-35)23-7-3-5-21(33(23)38)22-6-4-8-24(34(22)39)25-13-29-32(36(43-25)50-2)28(17-51-29)40-14-20-9-10-30(47)42-20/h3-8,13,15,20,28,40H,9-12,14,16-19H2,1-2H3,(H,42,47)(H,45,48)/t20-,28-/m0/s1. The lowest BCUT2D eigenvalue weighted by molar-refractivity contribution is -0.121. The Kier molecular flexibility index (Phi) is 8.73. The van der Waals surface area contributed by atoms with Gasteiger partial charge >= 0.3 is 0 Å². The van der Waals surface area contributed by atoms with E-state index < -0.39 is 5.82 Å². The van der Waals surface area contributed by atoms with Crippen LogP contribution in [0.25, 0.3) is 33.6 Å². The lowest BCUT2D eigenvalue weighted by Crippen LogP contribution is -2.66. The molecule has 0 saturated carbocycles. The van der Waals surface area contributed by atoms with Gasteiger partial charge in [-0.05, 0) is 18.9 Å². The summed E-state index contributed by atoms with van der Waals surface area (Å²) in [4.78, 5) is 39.7. The highest BCUT2D eigenvalue weighted by Crippen LogP contribution is 2.43. The first-order valence-corrected chi connectivity index (χ1v) is 17.4. The molecule has 3 fully saturated rings. The molecule has 12 nitrogen and oxygen atoms in total. The van der Waals surface area contributed by atoms with E-state index in [1.807, 2.05) is 6.07 Å². The highest BCUT2D eigenvalue weighted by Gasteiger charge is 2.47. The quantitative estimate of drug-likeness (QED) is 0.216. The molecule has 0 unspecified atom stereocenters. The Morgan fingerprint density at radius 2 is 1.75 bits per heavy atom. The Morgan fingerprint density at radius 1 is 1.00 bits per heavy atom. The molecular weight excluding hydrogens is 677 g/mol. The van der Waals surface area contributed by atoms with Crippen molar-refractivity contribution in [3.63, 3.8) is 0 Å². The van der Waals surface area contributed by atoms with E-state index in [-0.39, 0.29) is 35.0 Å². The maximum absolute atomic E-state index is 16.5. The smallest absolute Gasteiger partial charge is 0.237 e. The molecule has 2 atom stereocenters. The van der Waals surface area contributed by atoms with E-state index in [9.17, 15) is 9.59 Å². The Labute approximate surface area is 299 Å². The molecular formula is C37H37ClFN7O5. The molecule has 2 aromatic carbocycles. The van der Waals surface area contributed by atoms with Crippen LogP contribution in [-0.4, -0.2) is 83.7 Å². The summed E-state index contributed by atoms with van der Waals surface area (Å²) in [6.45, 7) is 2.99. The van der Waals surface area contributed by atoms with Crippen LogP contribution in [0, 0.1) is 5.82 Å². The fourth-order valence-corrected chi connectivity index (χ4v) is 7.92. The second-order valence-corrected chi connectivity index (χ2v) is 13.9. The van der Waals surface area contributed by atoms with Gasteiger partial charge in [-0.1, -0.05) is 41.9 Å². The van der Waals surface area contributed by atoms with E-state index in [4.69, 9.17) is 35.8 Å². The summed E-state index contributed by atoms with van der Waals surface area (Å²) < 4.78 is 33.8. The lowest BCUT2D eigenvalue weighted by atomic mass is 9.88. The Morgan fingerprint density at radius 3 is 2.47 bits per heavy atom.